The van der Waals surface area contributed by atoms with Crippen LogP contribution in [0.2, 0.25) is 0 Å². The molecule has 0 bridgehead atoms. The largest absolute Gasteiger partial charge is 0.464 e. The van der Waals surface area contributed by atoms with Crippen LogP contribution in [0.5, 0.6) is 0 Å². The zero-order valence-electron chi connectivity index (χ0n) is 8.11. The second kappa shape index (κ2) is 6.31. The predicted octanol–water partition coefficient (Wildman–Crippen LogP) is 0.403. The van der Waals surface area contributed by atoms with Crippen molar-refractivity contribution < 1.29 is 9.53 Å². The van der Waals surface area contributed by atoms with Crippen LogP contribution in [0.1, 0.15) is 0 Å². The molecule has 6 heteroatoms. The maximum Gasteiger partial charge on any atom is 0.356 e. The Hall–Kier alpha value is -1.17. The van der Waals surface area contributed by atoms with Crippen LogP contribution in [-0.4, -0.2) is 32.3 Å². The van der Waals surface area contributed by atoms with E-state index < -0.39 is 5.97 Å². The lowest BCUT2D eigenvalue weighted by Crippen LogP contribution is -2.12. The number of carbonyl (C=O) groups excluding carboxylic acids is 1. The van der Waals surface area contributed by atoms with Crippen molar-refractivity contribution in [1.29, 1.82) is 0 Å². The normalized spacial score (nSPS) is 13.1. The van der Waals surface area contributed by atoms with Gasteiger partial charge in [-0.1, -0.05) is 29.9 Å². The van der Waals surface area contributed by atoms with Crippen LogP contribution < -0.4 is 5.73 Å². The van der Waals surface area contributed by atoms with Gasteiger partial charge in [-0.2, -0.15) is 0 Å². The summed E-state index contributed by atoms with van der Waals surface area (Å²) in [6, 6.07) is 0. The number of nitrogens with zero attached hydrogens (tertiary/aromatic N) is 1. The molecule has 0 spiro atoms. The molecule has 0 aromatic carbocycles. The number of methoxy groups -OCH3 is 1. The highest BCUT2D eigenvalue weighted by atomic mass is 32.2. The van der Waals surface area contributed by atoms with E-state index in [1.54, 1.807) is 6.26 Å². The van der Waals surface area contributed by atoms with Gasteiger partial charge in [0, 0.05) is 0 Å². The molecule has 74 valence electrons. The van der Waals surface area contributed by atoms with Gasteiger partial charge < -0.3 is 10.5 Å². The lowest BCUT2D eigenvalue weighted by atomic mass is 9.93. The first-order chi connectivity index (χ1) is 6.56. The van der Waals surface area contributed by atoms with Crippen LogP contribution in [0.4, 0.5) is 0 Å². The van der Waals surface area contributed by atoms with Crippen molar-refractivity contribution in [2.24, 2.45) is 10.7 Å². The number of hydrogen-bond acceptors (Lipinski definition) is 4. The average molecular weight is 210 g/mol. The van der Waals surface area contributed by atoms with Gasteiger partial charge in [-0.3, -0.25) is 0 Å². The molecular weight excluding hydrogens is 199 g/mol. The van der Waals surface area contributed by atoms with E-state index in [0.29, 0.717) is 0 Å². The highest BCUT2D eigenvalue weighted by molar-refractivity contribution is 8.13. The molecule has 14 heavy (non-hydrogen) atoms. The van der Waals surface area contributed by atoms with Crippen molar-refractivity contribution >= 4 is 30.7 Å². The highest BCUT2D eigenvalue weighted by Gasteiger charge is 2.10. The van der Waals surface area contributed by atoms with Gasteiger partial charge in [-0.15, -0.1) is 0 Å². The first kappa shape index (κ1) is 12.8. The van der Waals surface area contributed by atoms with Crippen molar-refractivity contribution in [3.63, 3.8) is 0 Å². The Morgan fingerprint density at radius 3 is 2.64 bits per heavy atom. The number of esters is 1. The van der Waals surface area contributed by atoms with Gasteiger partial charge in [-0.05, 0) is 6.26 Å². The fourth-order valence-corrected chi connectivity index (χ4v) is 0.760. The third kappa shape index (κ3) is 3.70. The summed E-state index contributed by atoms with van der Waals surface area (Å²) < 4.78 is 4.48. The van der Waals surface area contributed by atoms with E-state index in [2.05, 4.69) is 16.3 Å². The zero-order valence-corrected chi connectivity index (χ0v) is 8.93. The van der Waals surface area contributed by atoms with Crippen molar-refractivity contribution in [3.05, 3.63) is 23.8 Å². The Kier molecular flexibility index (Phi) is 5.79. The standard InChI is InChI=1S/C8H11BN2O2S/c1-4-5(9)6(7(12)13-2)11-8(10)14-3/h4H,1H2,2-3H3,(H2,10,11)/b6-5+. The fraction of sp³-hybridized carbons (Fsp3) is 0.250. The Bertz CT molecular complexity index is 300. The molecule has 0 saturated heterocycles. The molecule has 0 amide bonds. The van der Waals surface area contributed by atoms with Crippen LogP contribution in [0.15, 0.2) is 28.8 Å². The Balaban J connectivity index is 5.13. The van der Waals surface area contributed by atoms with Crippen LogP contribution in [0.3, 0.4) is 0 Å². The number of ether oxygens (including phenoxy) is 1. The molecular formula is C8H11BN2O2S. The van der Waals surface area contributed by atoms with Crippen molar-refractivity contribution in [1.82, 2.24) is 0 Å². The molecule has 0 atom stereocenters. The van der Waals surface area contributed by atoms with E-state index in [-0.39, 0.29) is 16.3 Å². The summed E-state index contributed by atoms with van der Waals surface area (Å²) in [5.41, 5.74) is 5.54. The summed E-state index contributed by atoms with van der Waals surface area (Å²) in [6.07, 6.45) is 3.04. The lowest BCUT2D eigenvalue weighted by Gasteiger charge is -2.03. The minimum Gasteiger partial charge on any atom is -0.464 e. The summed E-state index contributed by atoms with van der Waals surface area (Å²) in [6.45, 7) is 3.42. The number of carbonyl (C=O) groups is 1. The van der Waals surface area contributed by atoms with Crippen molar-refractivity contribution in [2.75, 3.05) is 13.4 Å². The van der Waals surface area contributed by atoms with Crippen LogP contribution in [0.25, 0.3) is 0 Å². The van der Waals surface area contributed by atoms with E-state index in [1.165, 1.54) is 24.9 Å². The molecule has 0 aliphatic carbocycles. The second-order valence-electron chi connectivity index (χ2n) is 2.15. The number of nitrogens with two attached hydrogens (primary N) is 1. The number of thioether (sulfide) groups is 1. The van der Waals surface area contributed by atoms with E-state index in [9.17, 15) is 4.79 Å². The van der Waals surface area contributed by atoms with Gasteiger partial charge in [0.1, 0.15) is 13.5 Å². The highest BCUT2D eigenvalue weighted by Crippen LogP contribution is 2.08. The van der Waals surface area contributed by atoms with E-state index in [1.807, 2.05) is 0 Å². The van der Waals surface area contributed by atoms with Gasteiger partial charge in [0.2, 0.25) is 0 Å². The minimum atomic E-state index is -0.639. The van der Waals surface area contributed by atoms with Gasteiger partial charge in [0.05, 0.1) is 7.11 Å². The molecule has 0 heterocycles. The summed E-state index contributed by atoms with van der Waals surface area (Å²) in [5.74, 6) is -0.639. The second-order valence-corrected chi connectivity index (χ2v) is 2.98. The first-order valence-electron chi connectivity index (χ1n) is 3.65. The molecule has 0 saturated carbocycles. The molecule has 4 nitrogen and oxygen atoms in total. The smallest absolute Gasteiger partial charge is 0.356 e. The topological polar surface area (TPSA) is 64.7 Å². The summed E-state index contributed by atoms with van der Waals surface area (Å²) in [7, 11) is 6.73. The summed E-state index contributed by atoms with van der Waals surface area (Å²) in [5, 5.41) is 0.232. The summed E-state index contributed by atoms with van der Waals surface area (Å²) >= 11 is 1.20. The molecule has 0 aromatic heterocycles. The molecule has 0 aliphatic rings. The monoisotopic (exact) mass is 210 g/mol. The minimum absolute atomic E-state index is 0.0330. The van der Waals surface area contributed by atoms with Crippen LogP contribution >= 0.6 is 11.8 Å². The number of hydrogen-bond donors (Lipinski definition) is 1. The van der Waals surface area contributed by atoms with Gasteiger partial charge in [0.25, 0.3) is 0 Å². The van der Waals surface area contributed by atoms with Gasteiger partial charge >= 0.3 is 5.97 Å². The third-order valence-electron chi connectivity index (χ3n) is 1.30. The quantitative estimate of drug-likeness (QED) is 0.183. The van der Waals surface area contributed by atoms with E-state index >= 15 is 0 Å². The molecule has 0 rings (SSSR count). The predicted molar refractivity (Wildman–Crippen MR) is 60.1 cm³/mol. The number of amidine groups is 1. The SMILES string of the molecule is [B]/C(C=C)=C(/N=C(N)SC)C(=O)OC. The van der Waals surface area contributed by atoms with Crippen LogP contribution in [-0.2, 0) is 9.53 Å². The molecule has 0 unspecified atom stereocenters. The number of aliphatic imine (C=N–C) groups is 1. The maximum absolute atomic E-state index is 11.2. The molecule has 0 aromatic rings. The summed E-state index contributed by atoms with van der Waals surface area (Å²) in [4.78, 5) is 15.0. The Labute approximate surface area is 88.7 Å². The fourth-order valence-electron chi connectivity index (χ4n) is 0.577. The number of rotatable bonds is 3. The maximum atomic E-state index is 11.2. The van der Waals surface area contributed by atoms with Gasteiger partial charge in [-0.25, -0.2) is 9.79 Å². The average Bonchev–Trinajstić information content (AvgIpc) is 2.23. The van der Waals surface area contributed by atoms with E-state index in [0.717, 1.165) is 0 Å². The Morgan fingerprint density at radius 2 is 2.29 bits per heavy atom. The molecule has 2 N–H and O–H groups in total. The van der Waals surface area contributed by atoms with Crippen molar-refractivity contribution in [3.8, 4) is 0 Å². The Morgan fingerprint density at radius 1 is 1.71 bits per heavy atom. The third-order valence-corrected chi connectivity index (χ3v) is 1.81. The first-order valence-corrected chi connectivity index (χ1v) is 4.88. The van der Waals surface area contributed by atoms with Crippen LogP contribution in [0, 0.1) is 0 Å². The lowest BCUT2D eigenvalue weighted by molar-refractivity contribution is -0.136. The zero-order chi connectivity index (χ0) is 11.1. The molecule has 0 aliphatic heterocycles. The molecule has 0 fully saturated rings. The number of allylic oxidation sites excluding steroid dienone is 2. The van der Waals surface area contributed by atoms with Gasteiger partial charge in [0.15, 0.2) is 5.17 Å². The van der Waals surface area contributed by atoms with E-state index in [4.69, 9.17) is 13.6 Å². The van der Waals surface area contributed by atoms with Crippen molar-refractivity contribution in [2.45, 2.75) is 0 Å². The molecule has 2 radical (unpaired) electrons.